The molecule has 0 bridgehead atoms. The molecule has 1 aromatic rings. The standard InChI is InChI=1S/C15H23N3O/c1-2-10-16-15(19)17-12-14-9-6-11-18(14)13-7-4-3-5-8-13/h3-5,7-8,14H,2,6,9-12H2,1H3,(H2,16,17,19). The maximum absolute atomic E-state index is 11.6. The fraction of sp³-hybridized carbons (Fsp3) is 0.533. The second-order valence-electron chi connectivity index (χ2n) is 4.96. The summed E-state index contributed by atoms with van der Waals surface area (Å²) >= 11 is 0. The second kappa shape index (κ2) is 7.02. The summed E-state index contributed by atoms with van der Waals surface area (Å²) in [4.78, 5) is 14.0. The van der Waals surface area contributed by atoms with Crippen LogP contribution in [-0.2, 0) is 0 Å². The number of para-hydroxylation sites is 1. The largest absolute Gasteiger partial charge is 0.367 e. The van der Waals surface area contributed by atoms with Gasteiger partial charge in [-0.3, -0.25) is 0 Å². The first-order chi connectivity index (χ1) is 9.31. The molecule has 1 heterocycles. The molecule has 0 spiro atoms. The van der Waals surface area contributed by atoms with Gasteiger partial charge in [0, 0.05) is 31.4 Å². The molecule has 1 aromatic carbocycles. The quantitative estimate of drug-likeness (QED) is 0.854. The predicted octanol–water partition coefficient (Wildman–Crippen LogP) is 2.36. The van der Waals surface area contributed by atoms with Crippen LogP contribution in [0.3, 0.4) is 0 Å². The van der Waals surface area contributed by atoms with Gasteiger partial charge in [0.05, 0.1) is 0 Å². The van der Waals surface area contributed by atoms with Crippen LogP contribution in [0.15, 0.2) is 30.3 Å². The van der Waals surface area contributed by atoms with Gasteiger partial charge in [-0.1, -0.05) is 25.1 Å². The van der Waals surface area contributed by atoms with Crippen LogP contribution in [0.25, 0.3) is 0 Å². The SMILES string of the molecule is CCCNC(=O)NCC1CCCN1c1ccccc1. The van der Waals surface area contributed by atoms with Gasteiger partial charge in [0.25, 0.3) is 0 Å². The van der Waals surface area contributed by atoms with Crippen LogP contribution in [0.5, 0.6) is 0 Å². The first kappa shape index (κ1) is 13.7. The highest BCUT2D eigenvalue weighted by atomic mass is 16.2. The molecule has 1 unspecified atom stereocenters. The number of anilines is 1. The van der Waals surface area contributed by atoms with Crippen LogP contribution in [0.4, 0.5) is 10.5 Å². The Morgan fingerprint density at radius 1 is 1.32 bits per heavy atom. The van der Waals surface area contributed by atoms with Crippen molar-refractivity contribution < 1.29 is 4.79 Å². The van der Waals surface area contributed by atoms with E-state index in [1.165, 1.54) is 12.1 Å². The molecule has 0 radical (unpaired) electrons. The lowest BCUT2D eigenvalue weighted by atomic mass is 10.2. The van der Waals surface area contributed by atoms with Crippen LogP contribution in [-0.4, -0.2) is 31.7 Å². The van der Waals surface area contributed by atoms with Crippen molar-refractivity contribution >= 4 is 11.7 Å². The zero-order valence-electron chi connectivity index (χ0n) is 11.6. The minimum Gasteiger partial charge on any atom is -0.367 e. The summed E-state index contributed by atoms with van der Waals surface area (Å²) in [6.45, 7) is 4.57. The summed E-state index contributed by atoms with van der Waals surface area (Å²) in [6, 6.07) is 10.8. The van der Waals surface area contributed by atoms with Crippen molar-refractivity contribution in [3.05, 3.63) is 30.3 Å². The molecular formula is C15H23N3O. The maximum Gasteiger partial charge on any atom is 0.314 e. The lowest BCUT2D eigenvalue weighted by Crippen LogP contribution is -2.44. The number of nitrogens with zero attached hydrogens (tertiary/aromatic N) is 1. The van der Waals surface area contributed by atoms with E-state index >= 15 is 0 Å². The molecule has 2 N–H and O–H groups in total. The van der Waals surface area contributed by atoms with Gasteiger partial charge in [-0.2, -0.15) is 0 Å². The molecular weight excluding hydrogens is 238 g/mol. The molecule has 1 fully saturated rings. The number of rotatable bonds is 5. The number of amides is 2. The Labute approximate surface area is 115 Å². The Morgan fingerprint density at radius 3 is 2.84 bits per heavy atom. The van der Waals surface area contributed by atoms with Crippen molar-refractivity contribution in [3.8, 4) is 0 Å². The van der Waals surface area contributed by atoms with Gasteiger partial charge in [0.1, 0.15) is 0 Å². The predicted molar refractivity (Wildman–Crippen MR) is 78.5 cm³/mol. The second-order valence-corrected chi connectivity index (χ2v) is 4.96. The number of hydrogen-bond acceptors (Lipinski definition) is 2. The van der Waals surface area contributed by atoms with Crippen molar-refractivity contribution in [2.24, 2.45) is 0 Å². The molecule has 1 aliphatic heterocycles. The average molecular weight is 261 g/mol. The molecule has 19 heavy (non-hydrogen) atoms. The molecule has 104 valence electrons. The Bertz CT molecular complexity index is 394. The van der Waals surface area contributed by atoms with Gasteiger partial charge in [0.2, 0.25) is 0 Å². The lowest BCUT2D eigenvalue weighted by molar-refractivity contribution is 0.240. The van der Waals surface area contributed by atoms with Crippen LogP contribution < -0.4 is 15.5 Å². The summed E-state index contributed by atoms with van der Waals surface area (Å²) in [6.07, 6.45) is 3.30. The Morgan fingerprint density at radius 2 is 2.11 bits per heavy atom. The lowest BCUT2D eigenvalue weighted by Gasteiger charge is -2.27. The fourth-order valence-corrected chi connectivity index (χ4v) is 2.52. The molecule has 4 nitrogen and oxygen atoms in total. The number of urea groups is 1. The Balaban J connectivity index is 1.84. The first-order valence-electron chi connectivity index (χ1n) is 7.14. The molecule has 1 saturated heterocycles. The third-order valence-corrected chi connectivity index (χ3v) is 3.50. The van der Waals surface area contributed by atoms with Crippen molar-refractivity contribution in [2.45, 2.75) is 32.2 Å². The van der Waals surface area contributed by atoms with E-state index in [4.69, 9.17) is 0 Å². The van der Waals surface area contributed by atoms with Crippen LogP contribution in [0, 0.1) is 0 Å². The summed E-state index contributed by atoms with van der Waals surface area (Å²) in [5.41, 5.74) is 1.25. The van der Waals surface area contributed by atoms with Gasteiger partial charge in [0.15, 0.2) is 0 Å². The van der Waals surface area contributed by atoms with Gasteiger partial charge in [-0.15, -0.1) is 0 Å². The highest BCUT2D eigenvalue weighted by molar-refractivity contribution is 5.73. The molecule has 1 aliphatic rings. The highest BCUT2D eigenvalue weighted by Crippen LogP contribution is 2.24. The van der Waals surface area contributed by atoms with E-state index in [1.807, 2.05) is 13.0 Å². The van der Waals surface area contributed by atoms with E-state index in [0.29, 0.717) is 12.6 Å². The molecule has 4 heteroatoms. The molecule has 2 amide bonds. The minimum absolute atomic E-state index is 0.0539. The van der Waals surface area contributed by atoms with Gasteiger partial charge < -0.3 is 15.5 Å². The topological polar surface area (TPSA) is 44.4 Å². The average Bonchev–Trinajstić information content (AvgIpc) is 2.92. The van der Waals surface area contributed by atoms with Crippen molar-refractivity contribution in [1.29, 1.82) is 0 Å². The minimum atomic E-state index is -0.0539. The summed E-state index contributed by atoms with van der Waals surface area (Å²) in [5.74, 6) is 0. The smallest absolute Gasteiger partial charge is 0.314 e. The first-order valence-corrected chi connectivity index (χ1v) is 7.14. The van der Waals surface area contributed by atoms with Gasteiger partial charge >= 0.3 is 6.03 Å². The zero-order chi connectivity index (χ0) is 13.5. The number of benzene rings is 1. The maximum atomic E-state index is 11.6. The van der Waals surface area contributed by atoms with Crippen LogP contribution in [0.2, 0.25) is 0 Å². The van der Waals surface area contributed by atoms with E-state index in [0.717, 1.165) is 25.9 Å². The van der Waals surface area contributed by atoms with E-state index < -0.39 is 0 Å². The molecule has 2 rings (SSSR count). The molecule has 0 aromatic heterocycles. The van der Waals surface area contributed by atoms with Gasteiger partial charge in [-0.25, -0.2) is 4.79 Å². The van der Waals surface area contributed by atoms with Crippen LogP contribution >= 0.6 is 0 Å². The summed E-state index contributed by atoms with van der Waals surface area (Å²) in [5, 5.41) is 5.81. The zero-order valence-corrected chi connectivity index (χ0v) is 11.6. The van der Waals surface area contributed by atoms with Crippen molar-refractivity contribution in [3.63, 3.8) is 0 Å². The molecule has 0 aliphatic carbocycles. The molecule has 1 atom stereocenters. The number of nitrogens with one attached hydrogen (secondary N) is 2. The fourth-order valence-electron chi connectivity index (χ4n) is 2.52. The summed E-state index contributed by atoms with van der Waals surface area (Å²) in [7, 11) is 0. The number of carbonyl (C=O) groups is 1. The van der Waals surface area contributed by atoms with Crippen molar-refractivity contribution in [1.82, 2.24) is 10.6 Å². The number of carbonyl (C=O) groups excluding carboxylic acids is 1. The molecule has 0 saturated carbocycles. The Hall–Kier alpha value is -1.71. The normalized spacial score (nSPS) is 18.4. The monoisotopic (exact) mass is 261 g/mol. The Kier molecular flexibility index (Phi) is 5.07. The van der Waals surface area contributed by atoms with Crippen molar-refractivity contribution in [2.75, 3.05) is 24.5 Å². The number of hydrogen-bond donors (Lipinski definition) is 2. The highest BCUT2D eigenvalue weighted by Gasteiger charge is 2.24. The van der Waals surface area contributed by atoms with Gasteiger partial charge in [-0.05, 0) is 31.4 Å². The summed E-state index contributed by atoms with van der Waals surface area (Å²) < 4.78 is 0. The van der Waals surface area contributed by atoms with Crippen LogP contribution in [0.1, 0.15) is 26.2 Å². The van der Waals surface area contributed by atoms with E-state index in [-0.39, 0.29) is 6.03 Å². The third-order valence-electron chi connectivity index (χ3n) is 3.50. The van der Waals surface area contributed by atoms with E-state index in [9.17, 15) is 4.79 Å². The third kappa shape index (κ3) is 3.88. The van der Waals surface area contributed by atoms with E-state index in [1.54, 1.807) is 0 Å². The van der Waals surface area contributed by atoms with E-state index in [2.05, 4.69) is 39.8 Å².